The summed E-state index contributed by atoms with van der Waals surface area (Å²) in [6, 6.07) is 19.9. The minimum atomic E-state index is -4.45. The van der Waals surface area contributed by atoms with Crippen molar-refractivity contribution in [2.45, 2.75) is 69.8 Å². The van der Waals surface area contributed by atoms with E-state index in [0.717, 1.165) is 49.1 Å². The van der Waals surface area contributed by atoms with Crippen LogP contribution in [0.3, 0.4) is 0 Å². The smallest absolute Gasteiger partial charge is 0.332 e. The number of aliphatic hydroxyl groups excluding tert-OH is 1. The molecule has 3 aromatic carbocycles. The van der Waals surface area contributed by atoms with Gasteiger partial charge < -0.3 is 25.3 Å². The summed E-state index contributed by atoms with van der Waals surface area (Å²) >= 11 is 6.27. The maximum absolute atomic E-state index is 15.4. The van der Waals surface area contributed by atoms with Crippen molar-refractivity contribution in [1.29, 1.82) is 0 Å². The zero-order chi connectivity index (χ0) is 43.8. The number of sulfonamides is 1. The number of quaternary nitrogens is 1. The van der Waals surface area contributed by atoms with Crippen LogP contribution >= 0.6 is 11.6 Å². The van der Waals surface area contributed by atoms with Gasteiger partial charge in [-0.15, -0.1) is 0 Å². The molecule has 0 bridgehead atoms. The minimum absolute atomic E-state index is 0.0219. The highest BCUT2D eigenvalue weighted by Crippen LogP contribution is 2.45. The van der Waals surface area contributed by atoms with Gasteiger partial charge >= 0.3 is 15.7 Å². The third kappa shape index (κ3) is 8.95. The number of fused-ring (bicyclic) bond motifs is 1. The van der Waals surface area contributed by atoms with E-state index in [2.05, 4.69) is 40.8 Å². The molecule has 1 aliphatic heterocycles. The quantitative estimate of drug-likeness (QED) is 0.0586. The Labute approximate surface area is 366 Å². The molecule has 326 valence electrons. The molecular formula is C46H52ClN6O8S+. The highest BCUT2D eigenvalue weighted by atomic mass is 35.5. The number of nitrogens with zero attached hydrogens (tertiary/aromatic N) is 4. The summed E-state index contributed by atoms with van der Waals surface area (Å²) in [6.45, 7) is 6.34. The number of aliphatic hydroxyl groups is 1. The summed E-state index contributed by atoms with van der Waals surface area (Å²) in [6.07, 6.45) is 8.43. The first-order valence-electron chi connectivity index (χ1n) is 21.1. The van der Waals surface area contributed by atoms with Gasteiger partial charge in [-0.2, -0.15) is 12.3 Å². The van der Waals surface area contributed by atoms with Crippen LogP contribution in [0.25, 0.3) is 16.6 Å². The number of nitro groups is 1. The number of nitrogens with one attached hydrogen (secondary N) is 1. The first kappa shape index (κ1) is 43.3. The number of piperazine rings is 1. The third-order valence-corrected chi connectivity index (χ3v) is 15.4. The first-order valence-corrected chi connectivity index (χ1v) is 22.9. The van der Waals surface area contributed by atoms with Gasteiger partial charge in [0.25, 0.3) is 5.91 Å². The Hall–Kier alpha value is -5.32. The second kappa shape index (κ2) is 17.4. The first-order chi connectivity index (χ1) is 29.6. The summed E-state index contributed by atoms with van der Waals surface area (Å²) in [5, 5.41) is 23.9. The fraction of sp³-hybridized carbons (Fsp3) is 0.391. The number of allylic oxidation sites excluding steroid dienone is 1. The molecule has 1 amide bonds. The molecule has 0 radical (unpaired) electrons. The number of rotatable bonds is 13. The average Bonchev–Trinajstić information content (AvgIpc) is 3.72. The number of pyridine rings is 1. The Balaban J connectivity index is 1.16. The highest BCUT2D eigenvalue weighted by Gasteiger charge is 2.49. The highest BCUT2D eigenvalue weighted by molar-refractivity contribution is 7.91. The molecule has 5 aromatic rings. The summed E-state index contributed by atoms with van der Waals surface area (Å²) in [5.41, 5.74) is 10.2. The monoisotopic (exact) mass is 883 g/mol. The number of hydrogen-bond donors (Lipinski definition) is 3. The van der Waals surface area contributed by atoms with Gasteiger partial charge in [0.15, 0.2) is 11.4 Å². The lowest BCUT2D eigenvalue weighted by atomic mass is 9.72. The standard InChI is InChI=1S/C46H51ClN6O8S/c1-46(2)17-15-33(40(26-46)31-5-7-34(47)8-6-31)28-51-19-21-53(22-20-51,35-9-13-39(44(48)55)43(24-35)61-37-23-32-16-18-49-45(32)50-27-37)62(58,59)38-12-14-42(41(25-38)52(56)57)60-29-30-3-10-36(54)11-4-30/h5-9,12-14,16,18,23-25,27,30,36,54H,3-4,10-11,15,17,19-22,26,28-29H2,1-2H3,(H2-,48,49,50,55)/p+1/t30-,36-. The molecule has 14 nitrogen and oxygen atoms in total. The van der Waals surface area contributed by atoms with Crippen molar-refractivity contribution in [2.75, 3.05) is 39.3 Å². The van der Waals surface area contributed by atoms with E-state index in [9.17, 15) is 20.0 Å². The third-order valence-electron chi connectivity index (χ3n) is 12.8. The lowest BCUT2D eigenvalue weighted by Gasteiger charge is -2.43. The zero-order valence-electron chi connectivity index (χ0n) is 34.9. The molecule has 0 spiro atoms. The second-order valence-electron chi connectivity index (χ2n) is 17.6. The second-order valence-corrected chi connectivity index (χ2v) is 20.2. The van der Waals surface area contributed by atoms with E-state index in [1.54, 1.807) is 18.3 Å². The maximum Gasteiger partial charge on any atom is 0.332 e. The lowest BCUT2D eigenvalue weighted by Crippen LogP contribution is -2.63. The van der Waals surface area contributed by atoms with Gasteiger partial charge in [-0.25, -0.2) is 4.98 Å². The van der Waals surface area contributed by atoms with E-state index in [0.29, 0.717) is 54.6 Å². The van der Waals surface area contributed by atoms with Gasteiger partial charge in [0.05, 0.1) is 29.4 Å². The van der Waals surface area contributed by atoms with Crippen molar-refractivity contribution in [3.05, 3.63) is 117 Å². The normalized spacial score (nSPS) is 20.5. The fourth-order valence-electron chi connectivity index (χ4n) is 9.16. The number of hydrogen-bond acceptors (Lipinski definition) is 10. The fourth-order valence-corrected chi connectivity index (χ4v) is 11.2. The van der Waals surface area contributed by atoms with Crippen molar-refractivity contribution in [1.82, 2.24) is 18.8 Å². The predicted octanol–water partition coefficient (Wildman–Crippen LogP) is 8.62. The van der Waals surface area contributed by atoms with Gasteiger partial charge in [-0.05, 0) is 110 Å². The number of nitro benzene ring substituents is 1. The van der Waals surface area contributed by atoms with Crippen LogP contribution in [0.5, 0.6) is 17.2 Å². The molecule has 16 heteroatoms. The van der Waals surface area contributed by atoms with E-state index in [1.807, 2.05) is 18.2 Å². The number of halogens is 1. The number of aromatic nitrogens is 2. The zero-order valence-corrected chi connectivity index (χ0v) is 36.5. The Bertz CT molecular complexity index is 2630. The van der Waals surface area contributed by atoms with Gasteiger partial charge in [-0.1, -0.05) is 43.2 Å². The number of benzene rings is 3. The van der Waals surface area contributed by atoms with Crippen molar-refractivity contribution < 1.29 is 32.7 Å². The van der Waals surface area contributed by atoms with Crippen LogP contribution in [0.1, 0.15) is 74.7 Å². The molecule has 0 unspecified atom stereocenters. The van der Waals surface area contributed by atoms with Crippen LogP contribution in [0.2, 0.25) is 5.02 Å². The molecule has 2 fully saturated rings. The average molecular weight is 884 g/mol. The van der Waals surface area contributed by atoms with Crippen molar-refractivity contribution >= 4 is 55.5 Å². The van der Waals surface area contributed by atoms with E-state index >= 15 is 8.42 Å². The van der Waals surface area contributed by atoms with Gasteiger partial charge in [0.2, 0.25) is 0 Å². The van der Waals surface area contributed by atoms with Crippen LogP contribution < -0.4 is 19.1 Å². The molecule has 4 N–H and O–H groups in total. The van der Waals surface area contributed by atoms with E-state index in [4.69, 9.17) is 26.8 Å². The summed E-state index contributed by atoms with van der Waals surface area (Å²) in [4.78, 5) is 34.1. The maximum atomic E-state index is 15.4. The summed E-state index contributed by atoms with van der Waals surface area (Å²) in [5.74, 6) is -0.310. The number of aromatic amines is 1. The van der Waals surface area contributed by atoms with E-state index in [-0.39, 0.29) is 59.1 Å². The molecule has 1 saturated heterocycles. The van der Waals surface area contributed by atoms with Gasteiger partial charge in [-0.3, -0.25) is 19.8 Å². The lowest BCUT2D eigenvalue weighted by molar-refractivity contribution is -0.386. The molecule has 2 aromatic heterocycles. The van der Waals surface area contributed by atoms with Crippen molar-refractivity contribution in [2.24, 2.45) is 17.1 Å². The van der Waals surface area contributed by atoms with Crippen LogP contribution in [-0.4, -0.2) is 84.7 Å². The molecular weight excluding hydrogens is 832 g/mol. The van der Waals surface area contributed by atoms with E-state index < -0.39 is 30.4 Å². The SMILES string of the molecule is CC1(C)CCC(CN2CC[N+](c3ccc(C(N)=O)c(Oc4cnc5[nH]ccc5c4)c3)(S(=O)(=O)c3ccc(OC[C@H]4CC[C@H](O)CC4)c([N+](=O)[O-])c3)CC2)=C(c2ccc(Cl)cc2)C1. The largest absolute Gasteiger partial charge is 0.487 e. The van der Waals surface area contributed by atoms with Crippen molar-refractivity contribution in [3.63, 3.8) is 0 Å². The van der Waals surface area contributed by atoms with Crippen molar-refractivity contribution in [3.8, 4) is 17.2 Å². The number of carbonyl (C=O) groups excluding carboxylic acids is 1. The van der Waals surface area contributed by atoms with Crippen LogP contribution in [-0.2, 0) is 10.0 Å². The minimum Gasteiger partial charge on any atom is -0.487 e. The molecule has 8 rings (SSSR count). The number of primary amides is 1. The van der Waals surface area contributed by atoms with Crippen LogP contribution in [0.15, 0.2) is 95.7 Å². The molecule has 3 heterocycles. The number of carbonyl (C=O) groups is 1. The Morgan fingerprint density at radius 1 is 1.03 bits per heavy atom. The van der Waals surface area contributed by atoms with Crippen LogP contribution in [0, 0.1) is 21.4 Å². The summed E-state index contributed by atoms with van der Waals surface area (Å²) in [7, 11) is -4.45. The predicted molar refractivity (Wildman–Crippen MR) is 239 cm³/mol. The molecule has 1 saturated carbocycles. The molecule has 2 aliphatic carbocycles. The van der Waals surface area contributed by atoms with Gasteiger partial charge in [0, 0.05) is 54.4 Å². The topological polar surface area (TPSA) is 191 Å². The Morgan fingerprint density at radius 3 is 2.48 bits per heavy atom. The molecule has 3 aliphatic rings. The number of amides is 1. The number of nitrogens with two attached hydrogens (primary N) is 1. The Kier molecular flexibility index (Phi) is 12.2. The Morgan fingerprint density at radius 2 is 1.77 bits per heavy atom. The van der Waals surface area contributed by atoms with Gasteiger partial charge in [0.1, 0.15) is 35.1 Å². The van der Waals surface area contributed by atoms with Crippen LogP contribution in [0.4, 0.5) is 11.4 Å². The molecule has 62 heavy (non-hydrogen) atoms. The number of ether oxygens (including phenoxy) is 2. The molecule has 0 atom stereocenters. The number of H-pyrrole nitrogens is 1. The summed E-state index contributed by atoms with van der Waals surface area (Å²) < 4.78 is 42.4. The van der Waals surface area contributed by atoms with E-state index in [1.165, 1.54) is 41.6 Å².